The first kappa shape index (κ1) is 13.6. The average Bonchev–Trinajstić information content (AvgIpc) is 2.27. The molecule has 0 spiro atoms. The SMILES string of the molecule is O=Cc1cc(C(=O)O)cnc1NC(=O)C(F)(F)F. The second-order valence-electron chi connectivity index (χ2n) is 3.04. The van der Waals surface area contributed by atoms with Crippen molar-refractivity contribution >= 4 is 24.0 Å². The maximum atomic E-state index is 12.0. The number of amides is 1. The van der Waals surface area contributed by atoms with E-state index in [4.69, 9.17) is 5.11 Å². The predicted octanol–water partition coefficient (Wildman–Crippen LogP) is 1.09. The number of pyridine rings is 1. The Balaban J connectivity index is 3.07. The number of aromatic nitrogens is 1. The molecule has 0 aliphatic carbocycles. The van der Waals surface area contributed by atoms with Crippen LogP contribution in [0.15, 0.2) is 12.3 Å². The highest BCUT2D eigenvalue weighted by atomic mass is 19.4. The summed E-state index contributed by atoms with van der Waals surface area (Å²) in [4.78, 5) is 35.0. The van der Waals surface area contributed by atoms with Crippen LogP contribution in [-0.4, -0.2) is 34.4 Å². The zero-order valence-electron chi connectivity index (χ0n) is 8.49. The minimum absolute atomic E-state index is 0.0887. The number of carbonyl (C=O) groups is 3. The Morgan fingerprint density at radius 1 is 1.39 bits per heavy atom. The van der Waals surface area contributed by atoms with Crippen LogP contribution in [-0.2, 0) is 4.79 Å². The number of carboxylic acids is 1. The van der Waals surface area contributed by atoms with Crippen LogP contribution in [0.4, 0.5) is 19.0 Å². The Hall–Kier alpha value is -2.45. The third-order valence-corrected chi connectivity index (χ3v) is 1.78. The minimum atomic E-state index is -5.13. The van der Waals surface area contributed by atoms with Crippen molar-refractivity contribution in [1.29, 1.82) is 0 Å². The average molecular weight is 262 g/mol. The number of rotatable bonds is 3. The quantitative estimate of drug-likeness (QED) is 0.795. The van der Waals surface area contributed by atoms with Crippen LogP contribution in [0, 0.1) is 0 Å². The third kappa shape index (κ3) is 3.03. The molecule has 0 atom stereocenters. The van der Waals surface area contributed by atoms with Gasteiger partial charge in [0.2, 0.25) is 0 Å². The molecule has 18 heavy (non-hydrogen) atoms. The fourth-order valence-electron chi connectivity index (χ4n) is 0.971. The predicted molar refractivity (Wildman–Crippen MR) is 51.3 cm³/mol. The fraction of sp³-hybridized carbons (Fsp3) is 0.111. The van der Waals surface area contributed by atoms with E-state index < -0.39 is 29.4 Å². The number of carboxylic acid groups (broad SMARTS) is 1. The molecule has 0 unspecified atom stereocenters. The molecule has 1 rings (SSSR count). The van der Waals surface area contributed by atoms with E-state index in [9.17, 15) is 27.6 Å². The van der Waals surface area contributed by atoms with E-state index in [1.807, 2.05) is 0 Å². The Bertz CT molecular complexity index is 513. The minimum Gasteiger partial charge on any atom is -0.478 e. The van der Waals surface area contributed by atoms with Crippen molar-refractivity contribution in [3.63, 3.8) is 0 Å². The van der Waals surface area contributed by atoms with Gasteiger partial charge in [0.05, 0.1) is 11.1 Å². The Morgan fingerprint density at radius 3 is 2.44 bits per heavy atom. The van der Waals surface area contributed by atoms with Crippen LogP contribution < -0.4 is 5.32 Å². The molecule has 0 saturated carbocycles. The zero-order chi connectivity index (χ0) is 13.9. The first-order valence-electron chi connectivity index (χ1n) is 4.32. The standard InChI is InChI=1S/C9H5F3N2O4/c10-9(11,12)8(18)14-6-5(3-15)1-4(2-13-6)7(16)17/h1-3H,(H,16,17)(H,13,14,18). The second-order valence-corrected chi connectivity index (χ2v) is 3.04. The molecule has 0 fully saturated rings. The number of nitrogens with one attached hydrogen (secondary N) is 1. The van der Waals surface area contributed by atoms with Crippen molar-refractivity contribution in [2.75, 3.05) is 5.32 Å². The maximum Gasteiger partial charge on any atom is 0.471 e. The van der Waals surface area contributed by atoms with Crippen molar-refractivity contribution < 1.29 is 32.7 Å². The summed E-state index contributed by atoms with van der Waals surface area (Å²) < 4.78 is 35.9. The first-order valence-corrected chi connectivity index (χ1v) is 4.32. The van der Waals surface area contributed by atoms with E-state index in [-0.39, 0.29) is 11.8 Å². The van der Waals surface area contributed by atoms with Gasteiger partial charge in [-0.05, 0) is 6.07 Å². The summed E-state index contributed by atoms with van der Waals surface area (Å²) in [5, 5.41) is 9.95. The summed E-state index contributed by atoms with van der Waals surface area (Å²) in [6, 6.07) is 0.800. The van der Waals surface area contributed by atoms with E-state index in [2.05, 4.69) is 4.98 Å². The van der Waals surface area contributed by atoms with Gasteiger partial charge >= 0.3 is 18.1 Å². The lowest BCUT2D eigenvalue weighted by molar-refractivity contribution is -0.167. The maximum absolute atomic E-state index is 12.0. The van der Waals surface area contributed by atoms with Crippen LogP contribution in [0.25, 0.3) is 0 Å². The Kier molecular flexibility index (Phi) is 3.64. The van der Waals surface area contributed by atoms with Gasteiger partial charge in [0, 0.05) is 6.20 Å². The highest BCUT2D eigenvalue weighted by Crippen LogP contribution is 2.19. The molecule has 1 aromatic heterocycles. The number of hydrogen-bond acceptors (Lipinski definition) is 4. The highest BCUT2D eigenvalue weighted by Gasteiger charge is 2.39. The van der Waals surface area contributed by atoms with E-state index in [0.717, 1.165) is 12.3 Å². The number of hydrogen-bond donors (Lipinski definition) is 2. The highest BCUT2D eigenvalue weighted by molar-refractivity contribution is 5.99. The molecule has 1 amide bonds. The number of aldehydes is 1. The van der Waals surface area contributed by atoms with E-state index >= 15 is 0 Å². The molecule has 0 bridgehead atoms. The van der Waals surface area contributed by atoms with E-state index in [1.165, 1.54) is 5.32 Å². The Morgan fingerprint density at radius 2 is 2.00 bits per heavy atom. The van der Waals surface area contributed by atoms with Crippen LogP contribution in [0.5, 0.6) is 0 Å². The molecule has 0 aliphatic rings. The molecular formula is C9H5F3N2O4. The van der Waals surface area contributed by atoms with Crippen LogP contribution in [0.1, 0.15) is 20.7 Å². The van der Waals surface area contributed by atoms with Crippen molar-refractivity contribution in [2.45, 2.75) is 6.18 Å². The number of alkyl halides is 3. The summed E-state index contributed by atoms with van der Waals surface area (Å²) >= 11 is 0. The van der Waals surface area contributed by atoms with Gasteiger partial charge in [-0.2, -0.15) is 13.2 Å². The summed E-state index contributed by atoms with van der Waals surface area (Å²) in [5.74, 6) is -4.36. The van der Waals surface area contributed by atoms with Gasteiger partial charge in [0.1, 0.15) is 5.82 Å². The van der Waals surface area contributed by atoms with E-state index in [1.54, 1.807) is 0 Å². The van der Waals surface area contributed by atoms with Crippen LogP contribution >= 0.6 is 0 Å². The lowest BCUT2D eigenvalue weighted by Gasteiger charge is -2.09. The summed E-state index contributed by atoms with van der Waals surface area (Å²) in [5.41, 5.74) is -0.852. The van der Waals surface area contributed by atoms with Gasteiger partial charge in [-0.15, -0.1) is 0 Å². The second kappa shape index (κ2) is 4.82. The monoisotopic (exact) mass is 262 g/mol. The van der Waals surface area contributed by atoms with Gasteiger partial charge < -0.3 is 10.4 Å². The summed E-state index contributed by atoms with van der Waals surface area (Å²) in [6.07, 6.45) is -4.32. The zero-order valence-corrected chi connectivity index (χ0v) is 8.49. The fourth-order valence-corrected chi connectivity index (χ4v) is 0.971. The number of nitrogens with zero attached hydrogens (tertiary/aromatic N) is 1. The van der Waals surface area contributed by atoms with Gasteiger partial charge in [-0.1, -0.05) is 0 Å². The van der Waals surface area contributed by atoms with Crippen molar-refractivity contribution in [3.05, 3.63) is 23.4 Å². The number of anilines is 1. The number of halogens is 3. The van der Waals surface area contributed by atoms with Gasteiger partial charge in [-0.3, -0.25) is 9.59 Å². The third-order valence-electron chi connectivity index (χ3n) is 1.78. The largest absolute Gasteiger partial charge is 0.478 e. The molecular weight excluding hydrogens is 257 g/mol. The van der Waals surface area contributed by atoms with Gasteiger partial charge in [0.15, 0.2) is 6.29 Å². The lowest BCUT2D eigenvalue weighted by atomic mass is 10.2. The molecule has 0 radical (unpaired) electrons. The van der Waals surface area contributed by atoms with E-state index in [0.29, 0.717) is 0 Å². The molecule has 1 aromatic rings. The first-order chi connectivity index (χ1) is 8.25. The molecule has 0 aromatic carbocycles. The van der Waals surface area contributed by atoms with Crippen LogP contribution in [0.3, 0.4) is 0 Å². The summed E-state index contributed by atoms with van der Waals surface area (Å²) in [7, 11) is 0. The molecule has 2 N–H and O–H groups in total. The normalized spacial score (nSPS) is 10.8. The smallest absolute Gasteiger partial charge is 0.471 e. The lowest BCUT2D eigenvalue weighted by Crippen LogP contribution is -2.30. The topological polar surface area (TPSA) is 96.4 Å². The van der Waals surface area contributed by atoms with Crippen molar-refractivity contribution in [2.24, 2.45) is 0 Å². The number of carbonyl (C=O) groups excluding carboxylic acids is 2. The van der Waals surface area contributed by atoms with Crippen molar-refractivity contribution in [1.82, 2.24) is 4.98 Å². The molecule has 1 heterocycles. The molecule has 96 valence electrons. The molecule has 0 saturated heterocycles. The molecule has 0 aliphatic heterocycles. The van der Waals surface area contributed by atoms with Gasteiger partial charge in [0.25, 0.3) is 0 Å². The Labute approximate surface area is 97.4 Å². The molecule has 6 nitrogen and oxygen atoms in total. The van der Waals surface area contributed by atoms with Crippen LogP contribution in [0.2, 0.25) is 0 Å². The van der Waals surface area contributed by atoms with Crippen molar-refractivity contribution in [3.8, 4) is 0 Å². The number of aromatic carboxylic acids is 1. The molecule has 9 heteroatoms. The van der Waals surface area contributed by atoms with Gasteiger partial charge in [-0.25, -0.2) is 9.78 Å². The summed E-state index contributed by atoms with van der Waals surface area (Å²) in [6.45, 7) is 0.